The molecule has 0 aliphatic carbocycles. The molecule has 0 aliphatic heterocycles. The van der Waals surface area contributed by atoms with E-state index < -0.39 is 0 Å². The van der Waals surface area contributed by atoms with Crippen molar-refractivity contribution in [1.29, 1.82) is 0 Å². The molecule has 0 spiro atoms. The Bertz CT molecular complexity index is 805. The summed E-state index contributed by atoms with van der Waals surface area (Å²) in [6.45, 7) is 1.85. The highest BCUT2D eigenvalue weighted by Crippen LogP contribution is 2.17. The second-order valence-corrected chi connectivity index (χ2v) is 4.14. The van der Waals surface area contributed by atoms with Crippen molar-refractivity contribution < 1.29 is 4.74 Å². The molecule has 7 nitrogen and oxygen atoms in total. The molecule has 4 N–H and O–H groups in total. The molecule has 0 fully saturated rings. The van der Waals surface area contributed by atoms with Crippen molar-refractivity contribution in [1.82, 2.24) is 20.2 Å². The summed E-state index contributed by atoms with van der Waals surface area (Å²) in [7, 11) is 0. The van der Waals surface area contributed by atoms with Crippen molar-refractivity contribution in [3.8, 4) is 11.9 Å². The number of nitrogens with two attached hydrogens (primary N) is 1. The highest BCUT2D eigenvalue weighted by molar-refractivity contribution is 5.81. The van der Waals surface area contributed by atoms with E-state index in [4.69, 9.17) is 10.5 Å². The molecular weight excluding hydrogens is 246 g/mol. The Hall–Kier alpha value is -2.83. The number of rotatable bonds is 2. The van der Waals surface area contributed by atoms with Crippen LogP contribution < -0.4 is 16.0 Å². The second kappa shape index (κ2) is 4.13. The molecule has 0 saturated carbocycles. The molecule has 3 rings (SSSR count). The van der Waals surface area contributed by atoms with Gasteiger partial charge in [0.15, 0.2) is 0 Å². The highest BCUT2D eigenvalue weighted by atomic mass is 16.5. The van der Waals surface area contributed by atoms with Gasteiger partial charge >= 0.3 is 6.01 Å². The first-order chi connectivity index (χ1) is 9.11. The molecule has 0 atom stereocenters. The summed E-state index contributed by atoms with van der Waals surface area (Å²) in [5.41, 5.74) is 7.20. The van der Waals surface area contributed by atoms with Crippen molar-refractivity contribution in [3.05, 3.63) is 40.3 Å². The first kappa shape index (κ1) is 11.3. The third-order valence-electron chi connectivity index (χ3n) is 2.59. The zero-order valence-corrected chi connectivity index (χ0v) is 10.1. The Morgan fingerprint density at radius 1 is 1.32 bits per heavy atom. The van der Waals surface area contributed by atoms with Crippen LogP contribution in [-0.2, 0) is 0 Å². The van der Waals surface area contributed by atoms with Gasteiger partial charge in [0.1, 0.15) is 0 Å². The lowest BCUT2D eigenvalue weighted by Gasteiger charge is -2.02. The van der Waals surface area contributed by atoms with E-state index in [-0.39, 0.29) is 11.6 Å². The van der Waals surface area contributed by atoms with Gasteiger partial charge in [-0.1, -0.05) is 0 Å². The average Bonchev–Trinajstić information content (AvgIpc) is 2.76. The van der Waals surface area contributed by atoms with E-state index in [9.17, 15) is 4.79 Å². The number of aromatic nitrogens is 4. The lowest BCUT2D eigenvalue weighted by atomic mass is 10.2. The van der Waals surface area contributed by atoms with Gasteiger partial charge < -0.3 is 10.5 Å². The molecule has 0 aliphatic rings. The Labute approximate surface area is 107 Å². The Morgan fingerprint density at radius 3 is 2.89 bits per heavy atom. The molecule has 19 heavy (non-hydrogen) atoms. The Kier molecular flexibility index (Phi) is 2.45. The molecule has 1 aromatic carbocycles. The van der Waals surface area contributed by atoms with Gasteiger partial charge in [0.25, 0.3) is 5.56 Å². The number of ether oxygens (including phenoxy) is 1. The first-order valence-electron chi connectivity index (χ1n) is 5.61. The number of nitrogen functional groups attached to an aromatic ring is 1. The van der Waals surface area contributed by atoms with Gasteiger partial charge in [-0.15, -0.1) is 5.10 Å². The molecule has 0 bridgehead atoms. The molecule has 96 valence electrons. The van der Waals surface area contributed by atoms with Gasteiger partial charge in [-0.05, 0) is 25.1 Å². The van der Waals surface area contributed by atoms with Crippen LogP contribution in [0.15, 0.2) is 29.1 Å². The zero-order valence-electron chi connectivity index (χ0n) is 10.1. The molecule has 0 saturated heterocycles. The number of hydrogen-bond donors (Lipinski definition) is 3. The summed E-state index contributed by atoms with van der Waals surface area (Å²) in [6, 6.07) is 6.71. The number of hydrogen-bond acceptors (Lipinski definition) is 5. The molecule has 3 aromatic rings. The average molecular weight is 257 g/mol. The summed E-state index contributed by atoms with van der Waals surface area (Å²) < 4.78 is 5.38. The van der Waals surface area contributed by atoms with Gasteiger partial charge in [-0.2, -0.15) is 4.98 Å². The maximum absolute atomic E-state index is 11.9. The SMILES string of the molecule is Cc1cc(Oc2nc3ccc(N)cc3c(=O)[nH]2)n[nH]1. The normalized spacial score (nSPS) is 10.8. The lowest BCUT2D eigenvalue weighted by Crippen LogP contribution is -2.09. The van der Waals surface area contributed by atoms with E-state index in [0.717, 1.165) is 5.69 Å². The highest BCUT2D eigenvalue weighted by Gasteiger charge is 2.07. The van der Waals surface area contributed by atoms with Crippen LogP contribution in [0.4, 0.5) is 5.69 Å². The van der Waals surface area contributed by atoms with E-state index in [0.29, 0.717) is 22.5 Å². The van der Waals surface area contributed by atoms with Gasteiger partial charge in [0, 0.05) is 17.4 Å². The van der Waals surface area contributed by atoms with Gasteiger partial charge in [-0.25, -0.2) is 0 Å². The van der Waals surface area contributed by atoms with Gasteiger partial charge in [0.2, 0.25) is 5.88 Å². The van der Waals surface area contributed by atoms with Crippen LogP contribution >= 0.6 is 0 Å². The monoisotopic (exact) mass is 257 g/mol. The number of aromatic amines is 2. The fourth-order valence-electron chi connectivity index (χ4n) is 1.73. The first-order valence-corrected chi connectivity index (χ1v) is 5.61. The summed E-state index contributed by atoms with van der Waals surface area (Å²) in [5.74, 6) is 0.343. The summed E-state index contributed by atoms with van der Waals surface area (Å²) in [6.07, 6.45) is 0. The van der Waals surface area contributed by atoms with Crippen LogP contribution in [0.25, 0.3) is 10.9 Å². The smallest absolute Gasteiger partial charge is 0.303 e. The van der Waals surface area contributed by atoms with Crippen molar-refractivity contribution in [3.63, 3.8) is 0 Å². The second-order valence-electron chi connectivity index (χ2n) is 4.14. The number of aryl methyl sites for hydroxylation is 1. The summed E-state index contributed by atoms with van der Waals surface area (Å²) in [5, 5.41) is 7.06. The van der Waals surface area contributed by atoms with E-state index in [1.807, 2.05) is 6.92 Å². The molecule has 7 heteroatoms. The minimum absolute atomic E-state index is 0.0915. The van der Waals surface area contributed by atoms with Crippen LogP contribution in [0.2, 0.25) is 0 Å². The van der Waals surface area contributed by atoms with Crippen LogP contribution in [0.1, 0.15) is 5.69 Å². The largest absolute Gasteiger partial charge is 0.405 e. The van der Waals surface area contributed by atoms with E-state index in [1.165, 1.54) is 0 Å². The number of H-pyrrole nitrogens is 2. The van der Waals surface area contributed by atoms with E-state index in [1.54, 1.807) is 24.3 Å². The molecule has 0 unspecified atom stereocenters. The Balaban J connectivity index is 2.06. The van der Waals surface area contributed by atoms with E-state index >= 15 is 0 Å². The van der Waals surface area contributed by atoms with Crippen molar-refractivity contribution >= 4 is 16.6 Å². The third-order valence-corrected chi connectivity index (χ3v) is 2.59. The predicted molar refractivity (Wildman–Crippen MR) is 70.2 cm³/mol. The minimum atomic E-state index is -0.306. The Morgan fingerprint density at radius 2 is 2.16 bits per heavy atom. The molecular formula is C12H11N5O2. The maximum atomic E-state index is 11.9. The number of nitrogens with one attached hydrogen (secondary N) is 2. The standard InChI is InChI=1S/C12H11N5O2/c1-6-4-10(17-16-6)19-12-14-9-3-2-7(13)5-8(9)11(18)15-12/h2-5H,13H2,1H3,(H,16,17)(H,14,15,18). The fraction of sp³-hybridized carbons (Fsp3) is 0.0833. The molecule has 2 heterocycles. The number of fused-ring (bicyclic) bond motifs is 1. The van der Waals surface area contributed by atoms with Crippen LogP contribution in [0.3, 0.4) is 0 Å². The minimum Gasteiger partial charge on any atom is -0.405 e. The van der Waals surface area contributed by atoms with Gasteiger partial charge in [0.05, 0.1) is 10.9 Å². The number of anilines is 1. The van der Waals surface area contributed by atoms with Crippen molar-refractivity contribution in [2.45, 2.75) is 6.92 Å². The van der Waals surface area contributed by atoms with Crippen molar-refractivity contribution in [2.75, 3.05) is 5.73 Å². The molecule has 0 radical (unpaired) electrons. The van der Waals surface area contributed by atoms with Gasteiger partial charge in [-0.3, -0.25) is 14.9 Å². The van der Waals surface area contributed by atoms with Crippen LogP contribution in [-0.4, -0.2) is 20.2 Å². The topological polar surface area (TPSA) is 110 Å². The molecule has 2 aromatic heterocycles. The maximum Gasteiger partial charge on any atom is 0.303 e. The fourth-order valence-corrected chi connectivity index (χ4v) is 1.73. The summed E-state index contributed by atoms with van der Waals surface area (Å²) in [4.78, 5) is 18.6. The summed E-state index contributed by atoms with van der Waals surface area (Å²) >= 11 is 0. The molecule has 0 amide bonds. The van der Waals surface area contributed by atoms with Crippen LogP contribution in [0.5, 0.6) is 11.9 Å². The van der Waals surface area contributed by atoms with Crippen molar-refractivity contribution in [2.24, 2.45) is 0 Å². The number of nitrogens with zero attached hydrogens (tertiary/aromatic N) is 2. The predicted octanol–water partition coefficient (Wildman–Crippen LogP) is 1.33. The number of benzene rings is 1. The third kappa shape index (κ3) is 2.13. The van der Waals surface area contributed by atoms with E-state index in [2.05, 4.69) is 20.2 Å². The van der Waals surface area contributed by atoms with Crippen LogP contribution in [0, 0.1) is 6.92 Å². The quantitative estimate of drug-likeness (QED) is 0.600. The lowest BCUT2D eigenvalue weighted by molar-refractivity contribution is 0.425. The zero-order chi connectivity index (χ0) is 13.4.